The molecule has 0 spiro atoms. The highest BCUT2D eigenvalue weighted by Gasteiger charge is 2.50. The van der Waals surface area contributed by atoms with E-state index in [2.05, 4.69) is 5.32 Å². The lowest BCUT2D eigenvalue weighted by Crippen LogP contribution is -2.59. The summed E-state index contributed by atoms with van der Waals surface area (Å²) in [6.45, 7) is 13.5. The number of aliphatic hydroxyl groups is 3. The maximum absolute atomic E-state index is 14.2. The topological polar surface area (TPSA) is 201 Å². The van der Waals surface area contributed by atoms with Crippen LogP contribution < -0.4 is 5.32 Å². The number of ether oxygens (including phenoxy) is 4. The summed E-state index contributed by atoms with van der Waals surface area (Å²) >= 11 is 0. The zero-order valence-corrected chi connectivity index (χ0v) is 38.4. The van der Waals surface area contributed by atoms with E-state index in [0.717, 1.165) is 6.26 Å². The number of aliphatic hydroxyl groups excluding tert-OH is 2. The molecule has 1 aromatic rings. The van der Waals surface area contributed by atoms with Gasteiger partial charge in [0.2, 0.25) is 5.91 Å². The molecule has 2 aliphatic rings. The van der Waals surface area contributed by atoms with Crippen LogP contribution in [0.1, 0.15) is 86.6 Å². The fourth-order valence-electron chi connectivity index (χ4n) is 8.73. The van der Waals surface area contributed by atoms with Crippen LogP contribution in [-0.4, -0.2) is 165 Å². The molecule has 2 saturated heterocycles. The molecule has 17 heteroatoms. The molecule has 344 valence electrons. The van der Waals surface area contributed by atoms with E-state index < -0.39 is 112 Å². The zero-order chi connectivity index (χ0) is 45.5. The molecule has 4 N–H and O–H groups in total. The third kappa shape index (κ3) is 13.0. The van der Waals surface area contributed by atoms with Gasteiger partial charge in [0.05, 0.1) is 28.7 Å². The maximum atomic E-state index is 14.2. The molecule has 2 heterocycles. The van der Waals surface area contributed by atoms with Gasteiger partial charge in [0, 0.05) is 50.9 Å². The van der Waals surface area contributed by atoms with Gasteiger partial charge in [0.15, 0.2) is 21.9 Å². The number of nitrogens with one attached hydrogen (secondary N) is 1. The first-order valence-corrected chi connectivity index (χ1v) is 22.9. The number of benzene rings is 1. The van der Waals surface area contributed by atoms with E-state index in [4.69, 9.17) is 18.9 Å². The summed E-state index contributed by atoms with van der Waals surface area (Å²) in [5.41, 5.74) is -2.32. The van der Waals surface area contributed by atoms with E-state index in [9.17, 15) is 42.5 Å². The molecule has 1 amide bonds. The highest BCUT2D eigenvalue weighted by Crippen LogP contribution is 2.37. The average molecular weight is 874 g/mol. The van der Waals surface area contributed by atoms with Crippen LogP contribution in [0.4, 0.5) is 4.39 Å². The molecule has 2 aliphatic heterocycles. The summed E-state index contributed by atoms with van der Waals surface area (Å²) in [5, 5.41) is 37.4. The minimum atomic E-state index is -3.38. The summed E-state index contributed by atoms with van der Waals surface area (Å²) in [6.07, 6.45) is -4.17. The Labute approximate surface area is 356 Å². The predicted octanol–water partition coefficient (Wildman–Crippen LogP) is 2.70. The lowest BCUT2D eigenvalue weighted by molar-refractivity contribution is -0.296. The van der Waals surface area contributed by atoms with E-state index in [1.807, 2.05) is 37.6 Å². The number of Topliss-reactive ketones (excluding diaryl/α,β-unsaturated/α-hetero) is 1. The number of ketones is 1. The number of nitrogens with zero attached hydrogens (tertiary/aromatic N) is 2. The van der Waals surface area contributed by atoms with Crippen LogP contribution in [0.5, 0.6) is 0 Å². The Morgan fingerprint density at radius 1 is 1.12 bits per heavy atom. The van der Waals surface area contributed by atoms with Crippen molar-refractivity contribution < 1.29 is 61.5 Å². The number of sulfone groups is 1. The van der Waals surface area contributed by atoms with Crippen LogP contribution in [0.3, 0.4) is 0 Å². The average Bonchev–Trinajstić information content (AvgIpc) is 3.19. The van der Waals surface area contributed by atoms with Gasteiger partial charge >= 0.3 is 5.97 Å². The number of hydrogen-bond acceptors (Lipinski definition) is 14. The third-order valence-corrected chi connectivity index (χ3v) is 13.8. The molecular formula is C43H72FN3O12S. The Morgan fingerprint density at radius 3 is 2.28 bits per heavy atom. The van der Waals surface area contributed by atoms with Crippen LogP contribution in [0.25, 0.3) is 0 Å². The van der Waals surface area contributed by atoms with Crippen molar-refractivity contribution in [1.29, 1.82) is 0 Å². The minimum absolute atomic E-state index is 0.00973. The van der Waals surface area contributed by atoms with Crippen LogP contribution in [-0.2, 0) is 49.6 Å². The summed E-state index contributed by atoms with van der Waals surface area (Å²) in [7, 11) is 1.71. The van der Waals surface area contributed by atoms with E-state index >= 15 is 0 Å². The van der Waals surface area contributed by atoms with E-state index in [1.54, 1.807) is 40.0 Å². The number of hydrogen-bond donors (Lipinski definition) is 4. The van der Waals surface area contributed by atoms with Crippen molar-refractivity contribution in [2.24, 2.45) is 17.8 Å². The Morgan fingerprint density at radius 2 is 1.73 bits per heavy atom. The van der Waals surface area contributed by atoms with Crippen LogP contribution in [0.2, 0.25) is 0 Å². The summed E-state index contributed by atoms with van der Waals surface area (Å²) < 4.78 is 62.4. The van der Waals surface area contributed by atoms with Crippen molar-refractivity contribution in [3.8, 4) is 0 Å². The Hall–Kier alpha value is -2.61. The monoisotopic (exact) mass is 873 g/mol. The maximum Gasteiger partial charge on any atom is 0.316 e. The summed E-state index contributed by atoms with van der Waals surface area (Å²) in [4.78, 5) is 44.7. The molecule has 3 unspecified atom stereocenters. The molecule has 0 saturated carbocycles. The van der Waals surface area contributed by atoms with Gasteiger partial charge in [-0.3, -0.25) is 14.4 Å². The number of amides is 1. The first-order valence-electron chi connectivity index (χ1n) is 21.0. The summed E-state index contributed by atoms with van der Waals surface area (Å²) in [5.74, 6) is -4.13. The van der Waals surface area contributed by atoms with Gasteiger partial charge in [0.1, 0.15) is 36.5 Å². The van der Waals surface area contributed by atoms with Gasteiger partial charge in [-0.15, -0.1) is 0 Å². The van der Waals surface area contributed by atoms with Gasteiger partial charge in [0.25, 0.3) is 0 Å². The normalized spacial score (nSPS) is 36.2. The summed E-state index contributed by atoms with van der Waals surface area (Å²) in [6, 6.07) is 4.16. The lowest BCUT2D eigenvalue weighted by atomic mass is 9.78. The van der Waals surface area contributed by atoms with Crippen molar-refractivity contribution in [2.45, 2.75) is 159 Å². The molecular weight excluding hydrogens is 802 g/mol. The van der Waals surface area contributed by atoms with Crippen LogP contribution >= 0.6 is 0 Å². The number of halogens is 1. The van der Waals surface area contributed by atoms with Crippen molar-refractivity contribution >= 4 is 27.5 Å². The van der Waals surface area contributed by atoms with Gasteiger partial charge in [-0.25, -0.2) is 12.8 Å². The number of likely N-dealkylation sites (N-methyl/N-ethyl adjacent to an activating group) is 2. The zero-order valence-electron chi connectivity index (χ0n) is 37.6. The molecule has 0 radical (unpaired) electrons. The number of carbonyl (C=O) groups excluding carboxylic acids is 3. The van der Waals surface area contributed by atoms with Crippen LogP contribution in [0, 0.1) is 17.8 Å². The van der Waals surface area contributed by atoms with E-state index in [0.29, 0.717) is 24.9 Å². The smallest absolute Gasteiger partial charge is 0.316 e. The van der Waals surface area contributed by atoms with Crippen molar-refractivity contribution in [3.05, 3.63) is 29.8 Å². The van der Waals surface area contributed by atoms with Crippen molar-refractivity contribution in [3.63, 3.8) is 0 Å². The van der Waals surface area contributed by atoms with Gasteiger partial charge < -0.3 is 49.4 Å². The lowest BCUT2D eigenvalue weighted by Gasteiger charge is -2.47. The Balaban J connectivity index is 1.83. The standard InChI is InChI=1S/C43H72FN3O12S/c1-13-34-43(8,53)38(51)29(6)47(10)24-25(2)22-42(7,56-11)39(27(4)36(49)28(5)40(52)58-34)59-41-37(50)33(20-26(3)57-41)46(9)19-18-35(48)45-31(23-44)21-30-14-16-32(17-15-30)60(12,54)55/h14-17,25-29,31,33-34,37-39,41,50-51,53H,13,18-24H2,1-12H3,(H,45,48)/t25-,26-,27+,28-,29-,31?,33+,34-,37-,38-,39-,41+,42?,43?/m1/s1. The molecule has 3 rings (SSSR count). The van der Waals surface area contributed by atoms with E-state index in [1.165, 1.54) is 33.1 Å². The first-order chi connectivity index (χ1) is 27.8. The predicted molar refractivity (Wildman–Crippen MR) is 223 cm³/mol. The molecule has 15 nitrogen and oxygen atoms in total. The van der Waals surface area contributed by atoms with Gasteiger partial charge in [-0.2, -0.15) is 0 Å². The first kappa shape index (κ1) is 51.7. The second-order valence-corrected chi connectivity index (χ2v) is 19.9. The largest absolute Gasteiger partial charge is 0.459 e. The number of alkyl halides is 1. The van der Waals surface area contributed by atoms with E-state index in [-0.39, 0.29) is 36.6 Å². The fourth-order valence-corrected chi connectivity index (χ4v) is 9.36. The number of carbonyl (C=O) groups is 3. The highest BCUT2D eigenvalue weighted by molar-refractivity contribution is 7.90. The number of methoxy groups -OCH3 is 1. The molecule has 2 fully saturated rings. The Bertz CT molecular complexity index is 1680. The molecule has 0 aromatic heterocycles. The molecule has 60 heavy (non-hydrogen) atoms. The SMILES string of the molecule is CC[C@H]1OC(=O)[C@H](C)C(=O)[C@H](C)[C@@H](O[C@@H]2O[C@H](C)C[C@H](N(C)CCC(=O)NC(CF)Cc3ccc(S(C)(=O)=O)cc3)[C@H]2O)C(C)(OC)C[C@@H](C)CN(C)[C@H](C)[C@@H](O)C1(C)O. The van der Waals surface area contributed by atoms with Gasteiger partial charge in [-0.1, -0.05) is 32.9 Å². The third-order valence-electron chi connectivity index (χ3n) is 12.7. The molecule has 0 aliphatic carbocycles. The van der Waals surface area contributed by atoms with Gasteiger partial charge in [-0.05, 0) is 98.0 Å². The molecule has 14 atom stereocenters. The number of rotatable bonds is 13. The highest BCUT2D eigenvalue weighted by atomic mass is 32.2. The number of cyclic esters (lactones) is 1. The second kappa shape index (κ2) is 21.7. The molecule has 1 aromatic carbocycles. The van der Waals surface area contributed by atoms with Crippen molar-refractivity contribution in [1.82, 2.24) is 15.1 Å². The number of esters is 1. The Kier molecular flexibility index (Phi) is 18.7. The van der Waals surface area contributed by atoms with Crippen LogP contribution in [0.15, 0.2) is 29.2 Å². The second-order valence-electron chi connectivity index (χ2n) is 17.9. The fraction of sp³-hybridized carbons (Fsp3) is 0.791. The molecule has 0 bridgehead atoms. The minimum Gasteiger partial charge on any atom is -0.459 e. The van der Waals surface area contributed by atoms with Crippen molar-refractivity contribution in [2.75, 3.05) is 47.2 Å². The quantitative estimate of drug-likeness (QED) is 0.167.